The minimum Gasteiger partial charge on any atom is -0.383 e. The lowest BCUT2D eigenvalue weighted by molar-refractivity contribution is 0.0939. The quantitative estimate of drug-likeness (QED) is 0.424. The lowest BCUT2D eigenvalue weighted by Gasteiger charge is -2.17. The molecule has 1 amide bonds. The van der Waals surface area contributed by atoms with Crippen LogP contribution in [-0.2, 0) is 10.5 Å². The van der Waals surface area contributed by atoms with E-state index in [2.05, 4.69) is 65.1 Å². The maximum absolute atomic E-state index is 12.3. The first kappa shape index (κ1) is 24.0. The molecule has 0 radical (unpaired) electrons. The Morgan fingerprint density at radius 3 is 2.41 bits per heavy atom. The highest BCUT2D eigenvalue weighted by Crippen LogP contribution is 2.30. The Labute approximate surface area is 194 Å². The van der Waals surface area contributed by atoms with Gasteiger partial charge in [-0.25, -0.2) is 0 Å². The molecule has 0 aliphatic rings. The summed E-state index contributed by atoms with van der Waals surface area (Å²) in [5.41, 5.74) is 4.05. The first-order valence-electron chi connectivity index (χ1n) is 11.0. The van der Waals surface area contributed by atoms with E-state index in [-0.39, 0.29) is 18.0 Å². The van der Waals surface area contributed by atoms with Crippen molar-refractivity contribution >= 4 is 17.7 Å². The van der Waals surface area contributed by atoms with Gasteiger partial charge in [0.1, 0.15) is 0 Å². The smallest absolute Gasteiger partial charge is 0.251 e. The monoisotopic (exact) mass is 452 g/mol. The molecule has 32 heavy (non-hydrogen) atoms. The van der Waals surface area contributed by atoms with Gasteiger partial charge in [-0.05, 0) is 44.9 Å². The van der Waals surface area contributed by atoms with E-state index in [1.165, 1.54) is 5.56 Å². The molecule has 0 aliphatic carbocycles. The number of hydrogen-bond acceptors (Lipinski definition) is 5. The second kappa shape index (κ2) is 11.3. The molecule has 2 aromatic carbocycles. The zero-order valence-corrected chi connectivity index (χ0v) is 20.3. The maximum atomic E-state index is 12.3. The Kier molecular flexibility index (Phi) is 8.47. The number of nitrogens with zero attached hydrogens (tertiary/aromatic N) is 3. The van der Waals surface area contributed by atoms with Gasteiger partial charge in [-0.1, -0.05) is 60.6 Å². The van der Waals surface area contributed by atoms with Gasteiger partial charge >= 0.3 is 0 Å². The molecule has 1 aromatic heterocycles. The summed E-state index contributed by atoms with van der Waals surface area (Å²) < 4.78 is 7.55. The van der Waals surface area contributed by atoms with E-state index in [1.54, 1.807) is 18.9 Å². The van der Waals surface area contributed by atoms with Gasteiger partial charge in [-0.3, -0.25) is 9.36 Å². The molecule has 0 saturated carbocycles. The number of thioether (sulfide) groups is 1. The molecule has 1 heterocycles. The van der Waals surface area contributed by atoms with E-state index in [1.807, 2.05) is 31.2 Å². The van der Waals surface area contributed by atoms with E-state index in [0.29, 0.717) is 12.2 Å². The Balaban J connectivity index is 1.75. The first-order chi connectivity index (χ1) is 15.4. The summed E-state index contributed by atoms with van der Waals surface area (Å²) in [6.07, 6.45) is 0.910. The largest absolute Gasteiger partial charge is 0.383 e. The van der Waals surface area contributed by atoms with Crippen molar-refractivity contribution in [2.75, 3.05) is 13.7 Å². The van der Waals surface area contributed by atoms with Crippen LogP contribution >= 0.6 is 11.8 Å². The highest BCUT2D eigenvalue weighted by atomic mass is 32.2. The molecule has 0 bridgehead atoms. The molecule has 7 heteroatoms. The maximum Gasteiger partial charge on any atom is 0.251 e. The summed E-state index contributed by atoms with van der Waals surface area (Å²) in [5, 5.41) is 12.8. The normalized spacial score (nSPS) is 13.0. The number of carbonyl (C=O) groups is 1. The third kappa shape index (κ3) is 5.99. The van der Waals surface area contributed by atoms with E-state index in [0.717, 1.165) is 34.3 Å². The van der Waals surface area contributed by atoms with Crippen LogP contribution in [0.25, 0.3) is 11.4 Å². The molecule has 0 unspecified atom stereocenters. The number of carbonyl (C=O) groups excluding carboxylic acids is 1. The van der Waals surface area contributed by atoms with E-state index < -0.39 is 0 Å². The van der Waals surface area contributed by atoms with Gasteiger partial charge < -0.3 is 10.1 Å². The summed E-state index contributed by atoms with van der Waals surface area (Å²) in [4.78, 5) is 12.3. The molecule has 0 spiro atoms. The summed E-state index contributed by atoms with van der Waals surface area (Å²) >= 11 is 1.63. The number of aryl methyl sites for hydroxylation is 1. The van der Waals surface area contributed by atoms with Crippen LogP contribution in [0.4, 0.5) is 0 Å². The molecule has 3 rings (SSSR count). The molecule has 0 aliphatic heterocycles. The molecule has 0 saturated heterocycles. The Morgan fingerprint density at radius 1 is 1.09 bits per heavy atom. The molecule has 3 aromatic rings. The van der Waals surface area contributed by atoms with Gasteiger partial charge in [-0.2, -0.15) is 0 Å². The van der Waals surface area contributed by atoms with E-state index in [9.17, 15) is 4.79 Å². The minimum atomic E-state index is -0.0329. The number of nitrogens with one attached hydrogen (secondary N) is 1. The van der Waals surface area contributed by atoms with Crippen molar-refractivity contribution in [1.82, 2.24) is 20.1 Å². The van der Waals surface area contributed by atoms with Crippen molar-refractivity contribution in [3.05, 3.63) is 65.2 Å². The first-order valence-corrected chi connectivity index (χ1v) is 11.9. The molecule has 170 valence electrons. The van der Waals surface area contributed by atoms with E-state index >= 15 is 0 Å². The van der Waals surface area contributed by atoms with Gasteiger partial charge in [0.05, 0.1) is 12.6 Å². The number of hydrogen-bond donors (Lipinski definition) is 1. The predicted molar refractivity (Wildman–Crippen MR) is 130 cm³/mol. The SMILES string of the molecule is CC[C@H](C)NC(=O)c1ccc(CSc2nnc(-c3ccc(C)cc3)n2[C@H](C)COC)cc1. The second-order valence-corrected chi connectivity index (χ2v) is 9.06. The standard InChI is InChI=1S/C25H32N4O2S/c1-6-18(3)26-24(30)22-13-9-20(10-14-22)16-32-25-28-27-23(29(25)19(4)15-31-5)21-11-7-17(2)8-12-21/h7-14,18-19H,6,15-16H2,1-5H3,(H,26,30)/t18-,19+/m0/s1. The summed E-state index contributed by atoms with van der Waals surface area (Å²) in [6.45, 7) is 8.82. The van der Waals surface area contributed by atoms with Crippen molar-refractivity contribution in [1.29, 1.82) is 0 Å². The second-order valence-electron chi connectivity index (χ2n) is 8.11. The topological polar surface area (TPSA) is 69.0 Å². The molecule has 2 atom stereocenters. The zero-order chi connectivity index (χ0) is 23.1. The van der Waals surface area contributed by atoms with Crippen LogP contribution in [0.2, 0.25) is 0 Å². The van der Waals surface area contributed by atoms with Crippen molar-refractivity contribution in [3.63, 3.8) is 0 Å². The lowest BCUT2D eigenvalue weighted by Crippen LogP contribution is -2.31. The van der Waals surface area contributed by atoms with Crippen LogP contribution in [0.15, 0.2) is 53.7 Å². The van der Waals surface area contributed by atoms with Gasteiger partial charge in [0.2, 0.25) is 0 Å². The van der Waals surface area contributed by atoms with Crippen LogP contribution in [-0.4, -0.2) is 40.4 Å². The third-order valence-electron chi connectivity index (χ3n) is 5.40. The van der Waals surface area contributed by atoms with Gasteiger partial charge in [0.15, 0.2) is 11.0 Å². The Hall–Kier alpha value is -2.64. The summed E-state index contributed by atoms with van der Waals surface area (Å²) in [5.74, 6) is 1.54. The molecule has 6 nitrogen and oxygen atoms in total. The molecule has 1 N–H and O–H groups in total. The van der Waals surface area contributed by atoms with Crippen molar-refractivity contribution in [3.8, 4) is 11.4 Å². The van der Waals surface area contributed by atoms with Crippen LogP contribution in [0.3, 0.4) is 0 Å². The molecular weight excluding hydrogens is 420 g/mol. The van der Waals surface area contributed by atoms with Gasteiger partial charge in [-0.15, -0.1) is 10.2 Å². The van der Waals surface area contributed by atoms with Gasteiger partial charge in [0, 0.05) is 30.0 Å². The van der Waals surface area contributed by atoms with Crippen molar-refractivity contribution in [2.45, 2.75) is 57.1 Å². The summed E-state index contributed by atoms with van der Waals surface area (Å²) in [6, 6.07) is 16.3. The van der Waals surface area contributed by atoms with Crippen LogP contribution in [0.5, 0.6) is 0 Å². The lowest BCUT2D eigenvalue weighted by atomic mass is 10.1. The van der Waals surface area contributed by atoms with Crippen LogP contribution < -0.4 is 5.32 Å². The number of benzene rings is 2. The zero-order valence-electron chi connectivity index (χ0n) is 19.5. The molecular formula is C25H32N4O2S. The summed E-state index contributed by atoms with van der Waals surface area (Å²) in [7, 11) is 1.71. The Morgan fingerprint density at radius 2 is 1.78 bits per heavy atom. The number of rotatable bonds is 10. The minimum absolute atomic E-state index is 0.0329. The highest BCUT2D eigenvalue weighted by Gasteiger charge is 2.19. The van der Waals surface area contributed by atoms with Crippen LogP contribution in [0.1, 0.15) is 54.7 Å². The third-order valence-corrected chi connectivity index (χ3v) is 6.41. The highest BCUT2D eigenvalue weighted by molar-refractivity contribution is 7.98. The van der Waals surface area contributed by atoms with E-state index in [4.69, 9.17) is 4.74 Å². The number of amides is 1. The number of ether oxygens (including phenoxy) is 1. The number of methoxy groups -OCH3 is 1. The van der Waals surface area contributed by atoms with Crippen molar-refractivity contribution in [2.24, 2.45) is 0 Å². The fraction of sp³-hybridized carbons (Fsp3) is 0.400. The average molecular weight is 453 g/mol. The Bertz CT molecular complexity index is 1020. The fourth-order valence-corrected chi connectivity index (χ4v) is 4.29. The number of aromatic nitrogens is 3. The molecule has 0 fully saturated rings. The average Bonchev–Trinajstić information content (AvgIpc) is 3.22. The predicted octanol–water partition coefficient (Wildman–Crippen LogP) is 5.28. The van der Waals surface area contributed by atoms with Crippen LogP contribution in [0, 0.1) is 6.92 Å². The fourth-order valence-electron chi connectivity index (χ4n) is 3.30. The van der Waals surface area contributed by atoms with Gasteiger partial charge in [0.25, 0.3) is 5.91 Å². The van der Waals surface area contributed by atoms with Crippen molar-refractivity contribution < 1.29 is 9.53 Å².